The monoisotopic (exact) mass is 612 g/mol. The van der Waals surface area contributed by atoms with E-state index in [1.165, 1.54) is 48.4 Å². The minimum atomic E-state index is -4.64. The van der Waals surface area contributed by atoms with Crippen molar-refractivity contribution in [3.63, 3.8) is 0 Å². The zero-order valence-corrected chi connectivity index (χ0v) is 24.5. The van der Waals surface area contributed by atoms with E-state index in [2.05, 4.69) is 17.1 Å². The molecule has 2 aliphatic rings. The van der Waals surface area contributed by atoms with Crippen LogP contribution >= 0.6 is 11.8 Å². The van der Waals surface area contributed by atoms with E-state index in [1.807, 2.05) is 0 Å². The number of aromatic nitrogens is 3. The summed E-state index contributed by atoms with van der Waals surface area (Å²) in [6.07, 6.45) is 1.04. The van der Waals surface area contributed by atoms with E-state index in [4.69, 9.17) is 14.2 Å². The molecule has 0 saturated heterocycles. The predicted molar refractivity (Wildman–Crippen MR) is 149 cm³/mol. The lowest BCUT2D eigenvalue weighted by Gasteiger charge is -2.36. The molecule has 4 rings (SSSR count). The maximum atomic E-state index is 13.9. The molecule has 230 valence electrons. The van der Waals surface area contributed by atoms with Gasteiger partial charge in [0, 0.05) is 25.4 Å². The Labute approximate surface area is 246 Å². The maximum absolute atomic E-state index is 13.9. The Kier molecular flexibility index (Phi) is 10.5. The number of carboxylic acids is 1. The highest BCUT2D eigenvalue weighted by molar-refractivity contribution is 8.03. The van der Waals surface area contributed by atoms with Crippen molar-refractivity contribution in [3.05, 3.63) is 46.8 Å². The van der Waals surface area contributed by atoms with Crippen LogP contribution in [-0.2, 0) is 20.8 Å². The summed E-state index contributed by atoms with van der Waals surface area (Å²) in [6, 6.07) is 3.31. The number of hydrogen-bond donors (Lipinski definition) is 1. The van der Waals surface area contributed by atoms with Crippen LogP contribution in [0.25, 0.3) is 0 Å². The number of nitrogens with zero attached hydrogens (tertiary/aromatic N) is 4. The Bertz CT molecular complexity index is 1260. The van der Waals surface area contributed by atoms with E-state index in [-0.39, 0.29) is 60.1 Å². The van der Waals surface area contributed by atoms with Crippen LogP contribution in [0, 0.1) is 11.8 Å². The predicted octanol–water partition coefficient (Wildman–Crippen LogP) is 5.16. The summed E-state index contributed by atoms with van der Waals surface area (Å²) in [7, 11) is 2.95. The van der Waals surface area contributed by atoms with Crippen molar-refractivity contribution >= 4 is 29.3 Å². The minimum absolute atomic E-state index is 0.0883. The molecule has 14 heteroatoms. The number of carbonyl (C=O) groups excluding carboxylic acids is 1. The van der Waals surface area contributed by atoms with Crippen molar-refractivity contribution in [2.45, 2.75) is 63.0 Å². The fourth-order valence-corrected chi connectivity index (χ4v) is 6.61. The third-order valence-electron chi connectivity index (χ3n) is 7.48. The molecule has 0 radical (unpaired) electrons. The van der Waals surface area contributed by atoms with Gasteiger partial charge in [0.05, 0.1) is 55.0 Å². The van der Waals surface area contributed by atoms with Gasteiger partial charge in [-0.1, -0.05) is 18.7 Å². The molecule has 1 unspecified atom stereocenters. The molecule has 1 atom stereocenters. The van der Waals surface area contributed by atoms with Gasteiger partial charge in [0.2, 0.25) is 5.91 Å². The Balaban J connectivity index is 1.66. The minimum Gasteiger partial charge on any atom is -0.478 e. The molecular weight excluding hydrogens is 577 g/mol. The normalized spacial score (nSPS) is 21.2. The summed E-state index contributed by atoms with van der Waals surface area (Å²) in [5.74, 6) is -1.48. The van der Waals surface area contributed by atoms with Gasteiger partial charge < -0.3 is 24.2 Å². The van der Waals surface area contributed by atoms with E-state index in [0.717, 1.165) is 30.7 Å². The first kappa shape index (κ1) is 31.8. The Hall–Kier alpha value is -3.10. The zero-order chi connectivity index (χ0) is 30.4. The van der Waals surface area contributed by atoms with Gasteiger partial charge in [0.25, 0.3) is 0 Å². The number of carbonyl (C=O) groups is 2. The first-order chi connectivity index (χ1) is 20.0. The number of halogens is 3. The van der Waals surface area contributed by atoms with Crippen LogP contribution in [0.5, 0.6) is 5.75 Å². The standard InChI is InChI=1S/C28H35F3N4O6S/c1-17-4-6-18(7-5-17)25(36)35(19(15-39-2)16-40-3)24-9-8-20(12-22(24)26(37)38)41-27-23(28(29,30)31)13-21(42-27)14-34-32-10-11-33-34/h8-12,17-19,21H,4-7,13-16H2,1-3H3,(H,37,38)/t17-,18-,21?. The van der Waals surface area contributed by atoms with Gasteiger partial charge in [-0.2, -0.15) is 28.2 Å². The molecule has 1 aromatic heterocycles. The van der Waals surface area contributed by atoms with Crippen LogP contribution in [0.1, 0.15) is 49.4 Å². The summed E-state index contributed by atoms with van der Waals surface area (Å²) in [4.78, 5) is 29.1. The molecule has 0 bridgehead atoms. The van der Waals surface area contributed by atoms with Crippen LogP contribution in [0.15, 0.2) is 41.3 Å². The van der Waals surface area contributed by atoms with Crippen LogP contribution in [0.2, 0.25) is 0 Å². The largest absolute Gasteiger partial charge is 0.478 e. The van der Waals surface area contributed by atoms with Gasteiger partial charge >= 0.3 is 12.1 Å². The number of aromatic carboxylic acids is 1. The fourth-order valence-electron chi connectivity index (χ4n) is 5.36. The number of anilines is 1. The number of thioether (sulfide) groups is 1. The quantitative estimate of drug-likeness (QED) is 0.347. The van der Waals surface area contributed by atoms with Gasteiger partial charge in [0.1, 0.15) is 5.75 Å². The first-order valence-electron chi connectivity index (χ1n) is 13.7. The number of carboxylic acid groups (broad SMARTS) is 1. The van der Waals surface area contributed by atoms with Crippen LogP contribution in [0.3, 0.4) is 0 Å². The average molecular weight is 613 g/mol. The molecule has 2 heterocycles. The maximum Gasteiger partial charge on any atom is 0.416 e. The molecule has 1 N–H and O–H groups in total. The number of alkyl halides is 3. The number of hydrogen-bond acceptors (Lipinski definition) is 8. The van der Waals surface area contributed by atoms with Crippen molar-refractivity contribution in [1.29, 1.82) is 0 Å². The molecule has 42 heavy (non-hydrogen) atoms. The van der Waals surface area contributed by atoms with Crippen molar-refractivity contribution in [3.8, 4) is 5.75 Å². The summed E-state index contributed by atoms with van der Waals surface area (Å²) in [5, 5.41) is 17.2. The summed E-state index contributed by atoms with van der Waals surface area (Å²) < 4.78 is 58.1. The summed E-state index contributed by atoms with van der Waals surface area (Å²) in [5.41, 5.74) is -1.02. The molecule has 10 nitrogen and oxygen atoms in total. The van der Waals surface area contributed by atoms with E-state index < -0.39 is 29.0 Å². The molecule has 1 aromatic carbocycles. The van der Waals surface area contributed by atoms with Gasteiger partial charge in [-0.25, -0.2) is 4.79 Å². The summed E-state index contributed by atoms with van der Waals surface area (Å²) in [6.45, 7) is 2.45. The fraction of sp³-hybridized carbons (Fsp3) is 0.571. The third kappa shape index (κ3) is 7.64. The Morgan fingerprint density at radius 3 is 2.33 bits per heavy atom. The van der Waals surface area contributed by atoms with Crippen LogP contribution in [-0.4, -0.2) is 76.9 Å². The van der Waals surface area contributed by atoms with Crippen molar-refractivity contribution in [2.75, 3.05) is 32.3 Å². The van der Waals surface area contributed by atoms with Gasteiger partial charge in [-0.15, -0.1) is 0 Å². The molecule has 1 fully saturated rings. The SMILES string of the molecule is COCC(COC)N(c1ccc(OC2=C(C(F)(F)F)CC(Cn3nccn3)S2)cc1C(=O)O)C(=O)[C@H]1CC[C@H](C)CC1. The van der Waals surface area contributed by atoms with Gasteiger partial charge in [-0.05, 0) is 56.2 Å². The van der Waals surface area contributed by atoms with Gasteiger partial charge in [-0.3, -0.25) is 4.79 Å². The second-order valence-corrected chi connectivity index (χ2v) is 11.9. The molecule has 1 amide bonds. The second kappa shape index (κ2) is 13.9. The van der Waals surface area contributed by atoms with E-state index >= 15 is 0 Å². The lowest BCUT2D eigenvalue weighted by molar-refractivity contribution is -0.124. The molecule has 0 spiro atoms. The van der Waals surface area contributed by atoms with Crippen molar-refractivity contribution in [2.24, 2.45) is 11.8 Å². The van der Waals surface area contributed by atoms with E-state index in [9.17, 15) is 27.9 Å². The van der Waals surface area contributed by atoms with Crippen LogP contribution in [0.4, 0.5) is 18.9 Å². The zero-order valence-electron chi connectivity index (χ0n) is 23.7. The summed E-state index contributed by atoms with van der Waals surface area (Å²) >= 11 is 0.897. The Morgan fingerprint density at radius 2 is 1.76 bits per heavy atom. The number of amides is 1. The molecule has 2 aromatic rings. The third-order valence-corrected chi connectivity index (χ3v) is 8.67. The topological polar surface area (TPSA) is 116 Å². The average Bonchev–Trinajstić information content (AvgIpc) is 3.60. The number of allylic oxidation sites excluding steroid dienone is 1. The lowest BCUT2D eigenvalue weighted by Crippen LogP contribution is -2.49. The second-order valence-electron chi connectivity index (χ2n) is 10.6. The number of methoxy groups -OCH3 is 2. The number of rotatable bonds is 12. The number of ether oxygens (including phenoxy) is 3. The highest BCUT2D eigenvalue weighted by Crippen LogP contribution is 2.46. The van der Waals surface area contributed by atoms with Crippen LogP contribution < -0.4 is 9.64 Å². The Morgan fingerprint density at radius 1 is 1.12 bits per heavy atom. The van der Waals surface area contributed by atoms with Crippen molar-refractivity contribution in [1.82, 2.24) is 15.0 Å². The number of benzene rings is 1. The van der Waals surface area contributed by atoms with E-state index in [1.54, 1.807) is 0 Å². The molecule has 1 aliphatic heterocycles. The lowest BCUT2D eigenvalue weighted by atomic mass is 9.82. The van der Waals surface area contributed by atoms with E-state index in [0.29, 0.717) is 18.8 Å². The highest BCUT2D eigenvalue weighted by atomic mass is 32.2. The smallest absolute Gasteiger partial charge is 0.416 e. The first-order valence-corrected chi connectivity index (χ1v) is 14.6. The molecular formula is C28H35F3N4O6S. The highest BCUT2D eigenvalue weighted by Gasteiger charge is 2.44. The van der Waals surface area contributed by atoms with Crippen molar-refractivity contribution < 1.29 is 42.1 Å². The van der Waals surface area contributed by atoms with Gasteiger partial charge in [0.15, 0.2) is 5.09 Å². The molecule has 1 saturated carbocycles. The molecule has 1 aliphatic carbocycles.